The number of rotatable bonds is 5. The zero-order valence-electron chi connectivity index (χ0n) is 8.78. The summed E-state index contributed by atoms with van der Waals surface area (Å²) in [6, 6.07) is 5.92. The largest absolute Gasteiger partial charge is 0.356 e. The minimum absolute atomic E-state index is 0.232. The van der Waals surface area contributed by atoms with Gasteiger partial charge >= 0.3 is 0 Å². The van der Waals surface area contributed by atoms with Crippen LogP contribution >= 0.6 is 0 Å². The van der Waals surface area contributed by atoms with Gasteiger partial charge in [0, 0.05) is 24.4 Å². The van der Waals surface area contributed by atoms with Crippen molar-refractivity contribution in [1.29, 1.82) is 0 Å². The number of carbonyl (C=O) groups is 1. The Morgan fingerprint density at radius 2 is 2.33 bits per heavy atom. The van der Waals surface area contributed by atoms with Crippen LogP contribution < -0.4 is 5.32 Å². The lowest BCUT2D eigenvalue weighted by Gasteiger charge is -2.03. The maximum Gasteiger partial charge on any atom is 0.223 e. The molecule has 0 saturated heterocycles. The monoisotopic (exact) mass is 204 g/mol. The lowest BCUT2D eigenvalue weighted by molar-refractivity contribution is -0.122. The maximum absolute atomic E-state index is 11.3. The highest BCUT2D eigenvalue weighted by Crippen LogP contribution is 2.28. The highest BCUT2D eigenvalue weighted by atomic mass is 16.2. The molecule has 80 valence electrons. The molecule has 1 aliphatic rings. The second kappa shape index (κ2) is 4.91. The number of amides is 1. The third kappa shape index (κ3) is 3.35. The number of nitrogens with zero attached hydrogens (tertiary/aromatic N) is 1. The van der Waals surface area contributed by atoms with Crippen molar-refractivity contribution >= 4 is 5.91 Å². The van der Waals surface area contributed by atoms with Crippen molar-refractivity contribution < 1.29 is 4.79 Å². The van der Waals surface area contributed by atoms with E-state index < -0.39 is 0 Å². The molecule has 1 aromatic rings. The average Bonchev–Trinajstić information content (AvgIpc) is 3.09. The minimum atomic E-state index is 0.232. The summed E-state index contributed by atoms with van der Waals surface area (Å²) in [5.74, 6) is 0.552. The number of nitrogens with one attached hydrogen (secondary N) is 1. The summed E-state index contributed by atoms with van der Waals surface area (Å²) in [5, 5.41) is 2.95. The quantitative estimate of drug-likeness (QED) is 0.739. The van der Waals surface area contributed by atoms with Crippen LogP contribution in [0.2, 0.25) is 0 Å². The van der Waals surface area contributed by atoms with E-state index in [1.165, 1.54) is 0 Å². The number of aromatic nitrogens is 1. The second-order valence-corrected chi connectivity index (χ2v) is 3.99. The van der Waals surface area contributed by atoms with Crippen molar-refractivity contribution in [3.05, 3.63) is 30.1 Å². The molecule has 0 radical (unpaired) electrons. The van der Waals surface area contributed by atoms with Crippen LogP contribution in [0.15, 0.2) is 24.4 Å². The van der Waals surface area contributed by atoms with Crippen LogP contribution in [0.25, 0.3) is 0 Å². The van der Waals surface area contributed by atoms with E-state index >= 15 is 0 Å². The van der Waals surface area contributed by atoms with E-state index in [1.807, 2.05) is 18.2 Å². The highest BCUT2D eigenvalue weighted by molar-refractivity contribution is 5.80. The lowest BCUT2D eigenvalue weighted by Crippen LogP contribution is -2.26. The summed E-state index contributed by atoms with van der Waals surface area (Å²) < 4.78 is 0. The molecule has 3 heteroatoms. The first-order chi connectivity index (χ1) is 7.36. The molecular formula is C12H16N2O. The molecule has 1 aliphatic carbocycles. The predicted octanol–water partition coefficient (Wildman–Crippen LogP) is 1.54. The van der Waals surface area contributed by atoms with Crippen LogP contribution in [0.3, 0.4) is 0 Å². The smallest absolute Gasteiger partial charge is 0.223 e. The van der Waals surface area contributed by atoms with Gasteiger partial charge in [0.2, 0.25) is 5.91 Å². The number of hydrogen-bond donors (Lipinski definition) is 1. The predicted molar refractivity (Wildman–Crippen MR) is 58.3 cm³/mol. The first kappa shape index (κ1) is 10.1. The first-order valence-electron chi connectivity index (χ1n) is 5.54. The molecule has 1 N–H and O–H groups in total. The van der Waals surface area contributed by atoms with Gasteiger partial charge in [-0.2, -0.15) is 0 Å². The topological polar surface area (TPSA) is 42.0 Å². The van der Waals surface area contributed by atoms with Crippen molar-refractivity contribution in [1.82, 2.24) is 10.3 Å². The van der Waals surface area contributed by atoms with E-state index in [9.17, 15) is 4.79 Å². The molecule has 0 aromatic carbocycles. The molecule has 1 heterocycles. The van der Waals surface area contributed by atoms with Crippen LogP contribution in [0.5, 0.6) is 0 Å². The van der Waals surface area contributed by atoms with Gasteiger partial charge in [-0.15, -0.1) is 0 Å². The van der Waals surface area contributed by atoms with Crippen molar-refractivity contribution in [2.24, 2.45) is 5.92 Å². The van der Waals surface area contributed by atoms with Crippen LogP contribution in [-0.2, 0) is 11.2 Å². The Labute approximate surface area is 89.9 Å². The van der Waals surface area contributed by atoms with E-state index in [2.05, 4.69) is 10.3 Å². The summed E-state index contributed by atoms with van der Waals surface area (Å²) in [7, 11) is 0. The summed E-state index contributed by atoms with van der Waals surface area (Å²) >= 11 is 0. The average molecular weight is 204 g/mol. The summed E-state index contributed by atoms with van der Waals surface area (Å²) in [5.41, 5.74) is 1.10. The van der Waals surface area contributed by atoms with Crippen LogP contribution in [0.4, 0.5) is 0 Å². The zero-order chi connectivity index (χ0) is 10.5. The maximum atomic E-state index is 11.3. The fourth-order valence-electron chi connectivity index (χ4n) is 1.52. The molecule has 3 nitrogen and oxygen atoms in total. The highest BCUT2D eigenvalue weighted by Gasteiger charge is 2.28. The molecule has 1 saturated carbocycles. The van der Waals surface area contributed by atoms with Gasteiger partial charge in [-0.05, 0) is 37.8 Å². The van der Waals surface area contributed by atoms with Crippen molar-refractivity contribution in [3.8, 4) is 0 Å². The van der Waals surface area contributed by atoms with E-state index in [1.54, 1.807) is 6.20 Å². The minimum Gasteiger partial charge on any atom is -0.356 e. The molecule has 0 bridgehead atoms. The number of hydrogen-bond acceptors (Lipinski definition) is 2. The fourth-order valence-corrected chi connectivity index (χ4v) is 1.52. The van der Waals surface area contributed by atoms with Gasteiger partial charge in [-0.1, -0.05) is 6.07 Å². The summed E-state index contributed by atoms with van der Waals surface area (Å²) in [6.45, 7) is 0.770. The number of pyridine rings is 1. The van der Waals surface area contributed by atoms with Crippen molar-refractivity contribution in [2.75, 3.05) is 6.54 Å². The Hall–Kier alpha value is -1.38. The van der Waals surface area contributed by atoms with Crippen molar-refractivity contribution in [3.63, 3.8) is 0 Å². The summed E-state index contributed by atoms with van der Waals surface area (Å²) in [4.78, 5) is 15.5. The molecule has 15 heavy (non-hydrogen) atoms. The number of aryl methyl sites for hydroxylation is 1. The lowest BCUT2D eigenvalue weighted by atomic mass is 10.2. The standard InChI is InChI=1S/C12H16N2O/c15-12(10-6-7-10)14-9-3-5-11-4-1-2-8-13-11/h1-2,4,8,10H,3,5-7,9H2,(H,14,15). The van der Waals surface area contributed by atoms with Gasteiger partial charge in [0.1, 0.15) is 0 Å². The van der Waals surface area contributed by atoms with E-state index in [0.717, 1.165) is 37.9 Å². The van der Waals surface area contributed by atoms with Gasteiger partial charge in [0.15, 0.2) is 0 Å². The molecule has 1 amide bonds. The van der Waals surface area contributed by atoms with Gasteiger partial charge in [0.25, 0.3) is 0 Å². The molecule has 1 fully saturated rings. The van der Waals surface area contributed by atoms with E-state index in [4.69, 9.17) is 0 Å². The van der Waals surface area contributed by atoms with Gasteiger partial charge in [0.05, 0.1) is 0 Å². The fraction of sp³-hybridized carbons (Fsp3) is 0.500. The van der Waals surface area contributed by atoms with Crippen LogP contribution in [-0.4, -0.2) is 17.4 Å². The Morgan fingerprint density at radius 1 is 1.47 bits per heavy atom. The van der Waals surface area contributed by atoms with Gasteiger partial charge in [-0.3, -0.25) is 9.78 Å². The van der Waals surface area contributed by atoms with Crippen molar-refractivity contribution in [2.45, 2.75) is 25.7 Å². The molecule has 0 aliphatic heterocycles. The van der Waals surface area contributed by atoms with Crippen LogP contribution in [0, 0.1) is 5.92 Å². The van der Waals surface area contributed by atoms with Gasteiger partial charge < -0.3 is 5.32 Å². The molecule has 0 spiro atoms. The van der Waals surface area contributed by atoms with Gasteiger partial charge in [-0.25, -0.2) is 0 Å². The SMILES string of the molecule is O=C(NCCCc1ccccn1)C1CC1. The Bertz CT molecular complexity index is 320. The molecule has 2 rings (SSSR count). The number of carbonyl (C=O) groups excluding carboxylic acids is 1. The molecule has 1 aromatic heterocycles. The molecular weight excluding hydrogens is 188 g/mol. The Kier molecular flexibility index (Phi) is 3.33. The van der Waals surface area contributed by atoms with E-state index in [0.29, 0.717) is 5.92 Å². The third-order valence-corrected chi connectivity index (χ3v) is 2.58. The molecule has 0 atom stereocenters. The second-order valence-electron chi connectivity index (χ2n) is 3.99. The molecule has 0 unspecified atom stereocenters. The third-order valence-electron chi connectivity index (χ3n) is 2.58. The Morgan fingerprint density at radius 3 is 3.00 bits per heavy atom. The zero-order valence-corrected chi connectivity index (χ0v) is 8.78. The van der Waals surface area contributed by atoms with Crippen LogP contribution in [0.1, 0.15) is 25.0 Å². The normalized spacial score (nSPS) is 14.9. The first-order valence-corrected chi connectivity index (χ1v) is 5.54. The summed E-state index contributed by atoms with van der Waals surface area (Å²) in [6.07, 6.45) is 5.86. The van der Waals surface area contributed by atoms with E-state index in [-0.39, 0.29) is 5.91 Å². The Balaban J connectivity index is 1.60.